The van der Waals surface area contributed by atoms with Crippen LogP contribution in [-0.4, -0.2) is 40.8 Å². The van der Waals surface area contributed by atoms with E-state index in [-0.39, 0.29) is 17.3 Å². The van der Waals surface area contributed by atoms with E-state index < -0.39 is 35.5 Å². The molecule has 0 N–H and O–H groups in total. The molecule has 0 amide bonds. The van der Waals surface area contributed by atoms with Crippen LogP contribution in [0, 0.1) is 0 Å². The van der Waals surface area contributed by atoms with Crippen molar-refractivity contribution >= 4 is 11.3 Å². The lowest BCUT2D eigenvalue weighted by atomic mass is 9.73. The predicted molar refractivity (Wildman–Crippen MR) is 160 cm³/mol. The minimum Gasteiger partial charge on any atom is -0.406 e. The number of aromatic nitrogens is 6. The number of nitrogens with zero attached hydrogens (tertiary/aromatic N) is 6. The highest BCUT2D eigenvalue weighted by Crippen LogP contribution is 2.46. The summed E-state index contributed by atoms with van der Waals surface area (Å²) in [6.07, 6.45) is 0.751. The number of benzene rings is 2. The molecule has 0 bridgehead atoms. The lowest BCUT2D eigenvalue weighted by molar-refractivity contribution is -0.274. The number of hydrogen-bond donors (Lipinski definition) is 0. The molecule has 1 aliphatic carbocycles. The van der Waals surface area contributed by atoms with E-state index in [1.807, 2.05) is 10.6 Å². The van der Waals surface area contributed by atoms with E-state index in [9.17, 15) is 39.5 Å². The Labute approximate surface area is 272 Å². The second kappa shape index (κ2) is 12.1. The van der Waals surface area contributed by atoms with Crippen molar-refractivity contribution < 1.29 is 44.3 Å². The first-order chi connectivity index (χ1) is 22.9. The van der Waals surface area contributed by atoms with Crippen LogP contribution >= 0.6 is 0 Å². The molecule has 2 aromatic carbocycles. The molecule has 256 valence electrons. The summed E-state index contributed by atoms with van der Waals surface area (Å²) in [6.45, 7) is 2.29. The molecule has 4 aromatic heterocycles. The van der Waals surface area contributed by atoms with Gasteiger partial charge >= 0.3 is 18.5 Å². The molecule has 4 heterocycles. The van der Waals surface area contributed by atoms with Crippen molar-refractivity contribution in [2.45, 2.75) is 56.7 Å². The van der Waals surface area contributed by atoms with Crippen molar-refractivity contribution in [1.82, 2.24) is 28.7 Å². The Bertz CT molecular complexity index is 2090. The minimum absolute atomic E-state index is 0.0344. The highest BCUT2D eigenvalue weighted by Gasteiger charge is 2.43. The maximum Gasteiger partial charge on any atom is 0.573 e. The molecule has 1 fully saturated rings. The lowest BCUT2D eigenvalue weighted by Gasteiger charge is -2.37. The van der Waals surface area contributed by atoms with Crippen molar-refractivity contribution in [3.8, 4) is 28.0 Å². The van der Waals surface area contributed by atoms with Crippen molar-refractivity contribution in [2.24, 2.45) is 0 Å². The van der Waals surface area contributed by atoms with Crippen LogP contribution in [0.3, 0.4) is 0 Å². The summed E-state index contributed by atoms with van der Waals surface area (Å²) in [5.74, 6) is -3.13. The van der Waals surface area contributed by atoms with Crippen molar-refractivity contribution in [3.05, 3.63) is 103 Å². The molecule has 0 radical (unpaired) electrons. The molecule has 0 aliphatic heterocycles. The van der Waals surface area contributed by atoms with Gasteiger partial charge in [-0.25, -0.2) is 24.3 Å². The zero-order valence-corrected chi connectivity index (χ0v) is 25.6. The maximum absolute atomic E-state index is 13.8. The average molecular weight is 693 g/mol. The van der Waals surface area contributed by atoms with Gasteiger partial charge in [-0.3, -0.25) is 8.80 Å². The Kier molecular flexibility index (Phi) is 8.31. The Balaban J connectivity index is 0.000000171. The predicted octanol–water partition coefficient (Wildman–Crippen LogP) is 9.43. The first kappa shape index (κ1) is 33.7. The normalized spacial score (nSPS) is 18.2. The van der Waals surface area contributed by atoms with Crippen molar-refractivity contribution in [1.29, 1.82) is 0 Å². The van der Waals surface area contributed by atoms with Gasteiger partial charge in [0, 0.05) is 48.8 Å². The first-order valence-electron chi connectivity index (χ1n) is 14.6. The fourth-order valence-corrected chi connectivity index (χ4v) is 5.56. The van der Waals surface area contributed by atoms with E-state index in [0.717, 1.165) is 27.9 Å². The molecule has 0 saturated heterocycles. The number of alkyl halides is 9. The number of hydrogen-bond acceptors (Lipinski definition) is 5. The molecule has 0 unspecified atom stereocenters. The molecule has 7 rings (SSSR count). The van der Waals surface area contributed by atoms with Gasteiger partial charge in [0.2, 0.25) is 0 Å². The number of imidazole rings is 2. The number of fused-ring (bicyclic) bond motifs is 2. The number of ether oxygens (including phenoxy) is 1. The molecule has 0 atom stereocenters. The summed E-state index contributed by atoms with van der Waals surface area (Å²) >= 11 is 0. The largest absolute Gasteiger partial charge is 0.573 e. The lowest BCUT2D eigenvalue weighted by Crippen LogP contribution is -2.36. The molecular formula is C33H25F9N6O. The molecule has 1 aliphatic rings. The summed E-state index contributed by atoms with van der Waals surface area (Å²) < 4.78 is 122. The summed E-state index contributed by atoms with van der Waals surface area (Å²) in [7, 11) is 0. The van der Waals surface area contributed by atoms with Crippen LogP contribution in [0.25, 0.3) is 33.5 Å². The van der Waals surface area contributed by atoms with Crippen molar-refractivity contribution in [3.63, 3.8) is 0 Å². The summed E-state index contributed by atoms with van der Waals surface area (Å²) in [5.41, 5.74) is 1.20. The van der Waals surface area contributed by atoms with Gasteiger partial charge in [0.25, 0.3) is 0 Å². The van der Waals surface area contributed by atoms with Gasteiger partial charge in [-0.05, 0) is 55.2 Å². The van der Waals surface area contributed by atoms with Gasteiger partial charge in [-0.15, -0.1) is 13.2 Å². The van der Waals surface area contributed by atoms with Crippen LogP contribution in [0.1, 0.15) is 49.8 Å². The van der Waals surface area contributed by atoms with Crippen LogP contribution < -0.4 is 4.74 Å². The van der Waals surface area contributed by atoms with Crippen molar-refractivity contribution in [2.75, 3.05) is 0 Å². The number of halogens is 9. The van der Waals surface area contributed by atoms with E-state index in [4.69, 9.17) is 0 Å². The van der Waals surface area contributed by atoms with Gasteiger partial charge in [-0.1, -0.05) is 24.3 Å². The third kappa shape index (κ3) is 7.47. The molecule has 16 heteroatoms. The Morgan fingerprint density at radius 1 is 0.673 bits per heavy atom. The standard InChI is InChI=1S/C18H15F4N3O.C15H10F5N3/c1-17(19)6-12(7-17)16-24-9-15-23-8-13(10-25(15)16)11-2-4-14(5-3-11)26-18(20,21)22;1-14(16,17)13-22-7-12-21-6-10(8-23(12)13)9-2-4-11(5-3-9)15(18,19)20/h2-5,8-10,12H,6-7H2,1H3;2-8H,1H3. The quantitative estimate of drug-likeness (QED) is 0.169. The molecule has 49 heavy (non-hydrogen) atoms. The first-order valence-corrected chi connectivity index (χ1v) is 14.6. The zero-order chi connectivity index (χ0) is 35.4. The van der Waals surface area contributed by atoms with Gasteiger partial charge < -0.3 is 4.74 Å². The highest BCUT2D eigenvalue weighted by molar-refractivity contribution is 5.65. The Morgan fingerprint density at radius 2 is 1.18 bits per heavy atom. The van der Waals surface area contributed by atoms with E-state index in [1.54, 1.807) is 19.3 Å². The van der Waals surface area contributed by atoms with Gasteiger partial charge in [-0.2, -0.15) is 22.0 Å². The molecular weight excluding hydrogens is 667 g/mol. The third-order valence-electron chi connectivity index (χ3n) is 7.86. The van der Waals surface area contributed by atoms with E-state index >= 15 is 0 Å². The van der Waals surface area contributed by atoms with E-state index in [2.05, 4.69) is 24.7 Å². The van der Waals surface area contributed by atoms with Crippen LogP contribution in [-0.2, 0) is 12.1 Å². The third-order valence-corrected chi connectivity index (χ3v) is 7.86. The second-order valence-electron chi connectivity index (χ2n) is 11.9. The van der Waals surface area contributed by atoms with Crippen LogP contribution in [0.15, 0.2) is 85.7 Å². The maximum atomic E-state index is 13.8. The summed E-state index contributed by atoms with van der Waals surface area (Å²) in [4.78, 5) is 16.4. The van der Waals surface area contributed by atoms with Gasteiger partial charge in [0.05, 0.1) is 18.0 Å². The minimum atomic E-state index is -4.72. The van der Waals surface area contributed by atoms with Crippen LogP contribution in [0.4, 0.5) is 39.5 Å². The van der Waals surface area contributed by atoms with Crippen LogP contribution in [0.2, 0.25) is 0 Å². The summed E-state index contributed by atoms with van der Waals surface area (Å²) in [6, 6.07) is 9.97. The monoisotopic (exact) mass is 692 g/mol. The molecule has 1 saturated carbocycles. The van der Waals surface area contributed by atoms with E-state index in [0.29, 0.717) is 42.1 Å². The molecule has 0 spiro atoms. The highest BCUT2D eigenvalue weighted by atomic mass is 19.4. The average Bonchev–Trinajstić information content (AvgIpc) is 3.63. The number of rotatable bonds is 5. The zero-order valence-electron chi connectivity index (χ0n) is 25.6. The fourth-order valence-electron chi connectivity index (χ4n) is 5.56. The fraction of sp³-hybridized carbons (Fsp3) is 0.273. The Morgan fingerprint density at radius 3 is 1.69 bits per heavy atom. The smallest absolute Gasteiger partial charge is 0.406 e. The molecule has 7 nitrogen and oxygen atoms in total. The topological polar surface area (TPSA) is 69.6 Å². The SMILES string of the molecule is CC(F)(F)c1ncc2ncc(-c3ccc(C(F)(F)F)cc3)cn12.CC1(F)CC(c2ncc3ncc(-c4ccc(OC(F)(F)F)cc4)cn23)C1. The summed E-state index contributed by atoms with van der Waals surface area (Å²) in [5, 5.41) is 0. The second-order valence-corrected chi connectivity index (χ2v) is 11.9. The van der Waals surface area contributed by atoms with Crippen LogP contribution in [0.5, 0.6) is 5.75 Å². The van der Waals surface area contributed by atoms with E-state index in [1.165, 1.54) is 55.0 Å². The van der Waals surface area contributed by atoms with Gasteiger partial charge in [0.1, 0.15) is 17.2 Å². The van der Waals surface area contributed by atoms with Gasteiger partial charge in [0.15, 0.2) is 17.1 Å². The molecule has 6 aromatic rings. The Hall–Kier alpha value is -5.15.